The summed E-state index contributed by atoms with van der Waals surface area (Å²) in [5.74, 6) is 1.37. The van der Waals surface area contributed by atoms with E-state index in [4.69, 9.17) is 18.9 Å². The Kier molecular flexibility index (Phi) is 11.4. The second-order valence-corrected chi connectivity index (χ2v) is 10.2. The van der Waals surface area contributed by atoms with Crippen LogP contribution in [-0.2, 0) is 16.0 Å². The molecule has 0 spiro atoms. The van der Waals surface area contributed by atoms with Crippen molar-refractivity contribution in [2.45, 2.75) is 91.1 Å². The molecule has 1 unspecified atom stereocenters. The van der Waals surface area contributed by atoms with Crippen molar-refractivity contribution in [3.8, 4) is 23.0 Å². The molecule has 0 amide bonds. The number of aromatic hydroxyl groups is 1. The highest BCUT2D eigenvalue weighted by Gasteiger charge is 2.38. The van der Waals surface area contributed by atoms with Crippen LogP contribution in [0.4, 0.5) is 0 Å². The highest BCUT2D eigenvalue weighted by atomic mass is 16.5. The summed E-state index contributed by atoms with van der Waals surface area (Å²) >= 11 is 0. The summed E-state index contributed by atoms with van der Waals surface area (Å²) in [6.07, 6.45) is 5.50. The molecule has 1 aliphatic rings. The molecular weight excluding hydrogens is 512 g/mol. The van der Waals surface area contributed by atoms with Gasteiger partial charge in [-0.25, -0.2) is 0 Å². The molecule has 0 fully saturated rings. The number of esters is 1. The maximum absolute atomic E-state index is 13.0. The van der Waals surface area contributed by atoms with Crippen LogP contribution in [0.5, 0.6) is 23.0 Å². The minimum absolute atomic E-state index is 0.00640. The second kappa shape index (κ2) is 14.7. The fourth-order valence-corrected chi connectivity index (χ4v) is 4.98. The first kappa shape index (κ1) is 31.0. The average molecular weight is 555 g/mol. The number of benzene rings is 2. The Balaban J connectivity index is 1.56. The summed E-state index contributed by atoms with van der Waals surface area (Å²) in [5.41, 5.74) is 0.937. The van der Waals surface area contributed by atoms with Crippen molar-refractivity contribution in [3.63, 3.8) is 0 Å². The molecular formula is C32H42O8. The molecule has 2 aromatic rings. The van der Waals surface area contributed by atoms with Gasteiger partial charge in [0.25, 0.3) is 0 Å². The number of phenols is 1. The standard InChI is InChI=1S/C32H42O8/c1-5-11-26-28(16-15-24(22(4)33)31(26)36)39-18-9-8-17-32(6-2)21-27(34)25-14-13-23(20-29(25)40-32)38-19-10-12-30(35)37-7-3/h13-16,20,36H,5-12,17-19,21H2,1-4H3. The topological polar surface area (TPSA) is 108 Å². The maximum Gasteiger partial charge on any atom is 0.305 e. The van der Waals surface area contributed by atoms with Gasteiger partial charge in [0.15, 0.2) is 11.6 Å². The number of Topliss-reactive ketones (excluding diaryl/α,β-unsaturated/α-hetero) is 2. The van der Waals surface area contributed by atoms with E-state index in [0.29, 0.717) is 92.3 Å². The number of phenolic OH excluding ortho intramolecular Hbond substituents is 1. The van der Waals surface area contributed by atoms with Gasteiger partial charge in [-0.1, -0.05) is 20.3 Å². The summed E-state index contributed by atoms with van der Waals surface area (Å²) in [5, 5.41) is 10.6. The van der Waals surface area contributed by atoms with E-state index in [0.717, 1.165) is 19.3 Å². The number of ether oxygens (including phenoxy) is 4. The second-order valence-electron chi connectivity index (χ2n) is 10.2. The van der Waals surface area contributed by atoms with Crippen LogP contribution in [0.15, 0.2) is 30.3 Å². The fourth-order valence-electron chi connectivity index (χ4n) is 4.98. The van der Waals surface area contributed by atoms with Crippen molar-refractivity contribution in [3.05, 3.63) is 47.0 Å². The molecule has 0 bridgehead atoms. The molecule has 1 heterocycles. The van der Waals surface area contributed by atoms with Gasteiger partial charge >= 0.3 is 5.97 Å². The van der Waals surface area contributed by atoms with E-state index in [1.165, 1.54) is 6.92 Å². The minimum atomic E-state index is -0.596. The van der Waals surface area contributed by atoms with Gasteiger partial charge in [0.1, 0.15) is 28.6 Å². The predicted molar refractivity (Wildman–Crippen MR) is 152 cm³/mol. The van der Waals surface area contributed by atoms with Gasteiger partial charge in [0, 0.05) is 18.1 Å². The van der Waals surface area contributed by atoms with Crippen LogP contribution in [0.3, 0.4) is 0 Å². The van der Waals surface area contributed by atoms with Crippen molar-refractivity contribution in [1.29, 1.82) is 0 Å². The van der Waals surface area contributed by atoms with Gasteiger partial charge in [-0.15, -0.1) is 0 Å². The van der Waals surface area contributed by atoms with Gasteiger partial charge in [-0.3, -0.25) is 14.4 Å². The lowest BCUT2D eigenvalue weighted by molar-refractivity contribution is -0.143. The van der Waals surface area contributed by atoms with E-state index < -0.39 is 5.60 Å². The summed E-state index contributed by atoms with van der Waals surface area (Å²) < 4.78 is 23.2. The molecule has 2 aromatic carbocycles. The van der Waals surface area contributed by atoms with Gasteiger partial charge in [0.05, 0.1) is 37.4 Å². The van der Waals surface area contributed by atoms with Gasteiger partial charge in [0.2, 0.25) is 0 Å². The van der Waals surface area contributed by atoms with Crippen molar-refractivity contribution in [1.82, 2.24) is 0 Å². The van der Waals surface area contributed by atoms with E-state index in [2.05, 4.69) is 0 Å². The van der Waals surface area contributed by atoms with E-state index in [9.17, 15) is 19.5 Å². The zero-order chi connectivity index (χ0) is 29.1. The third kappa shape index (κ3) is 7.99. The quantitative estimate of drug-likeness (QED) is 0.140. The van der Waals surface area contributed by atoms with Gasteiger partial charge in [-0.2, -0.15) is 0 Å². The summed E-state index contributed by atoms with van der Waals surface area (Å²) in [6, 6.07) is 8.62. The molecule has 0 saturated carbocycles. The van der Waals surface area contributed by atoms with Crippen molar-refractivity contribution < 1.29 is 38.4 Å². The molecule has 218 valence electrons. The maximum atomic E-state index is 13.0. The monoisotopic (exact) mass is 554 g/mol. The zero-order valence-electron chi connectivity index (χ0n) is 24.2. The molecule has 8 heteroatoms. The Morgan fingerprint density at radius 2 is 1.80 bits per heavy atom. The molecule has 0 aliphatic carbocycles. The molecule has 3 rings (SSSR count). The smallest absolute Gasteiger partial charge is 0.305 e. The summed E-state index contributed by atoms with van der Waals surface area (Å²) in [4.78, 5) is 36.3. The SMILES string of the molecule is CCCc1c(OCCCCC2(CC)CC(=O)c3ccc(OCCCC(=O)OCC)cc3O2)ccc(C(C)=O)c1O. The molecule has 1 N–H and O–H groups in total. The van der Waals surface area contributed by atoms with E-state index in [-0.39, 0.29) is 23.3 Å². The first-order valence-corrected chi connectivity index (χ1v) is 14.4. The summed E-state index contributed by atoms with van der Waals surface area (Å²) in [6.45, 7) is 8.43. The number of hydrogen-bond donors (Lipinski definition) is 1. The third-order valence-electron chi connectivity index (χ3n) is 7.21. The molecule has 40 heavy (non-hydrogen) atoms. The van der Waals surface area contributed by atoms with E-state index in [1.54, 1.807) is 37.3 Å². The molecule has 0 aromatic heterocycles. The Morgan fingerprint density at radius 1 is 1.02 bits per heavy atom. The Labute approximate surface area is 237 Å². The van der Waals surface area contributed by atoms with Crippen LogP contribution in [0, 0.1) is 0 Å². The first-order chi connectivity index (χ1) is 19.2. The zero-order valence-corrected chi connectivity index (χ0v) is 24.2. The number of ketones is 2. The van der Waals surface area contributed by atoms with Crippen molar-refractivity contribution in [2.75, 3.05) is 19.8 Å². The Hall–Kier alpha value is -3.55. The number of carbonyl (C=O) groups is 3. The normalized spacial score (nSPS) is 16.1. The van der Waals surface area contributed by atoms with Crippen LogP contribution in [0.2, 0.25) is 0 Å². The molecule has 1 aliphatic heterocycles. The van der Waals surface area contributed by atoms with Crippen molar-refractivity contribution in [2.24, 2.45) is 0 Å². The van der Waals surface area contributed by atoms with Crippen molar-refractivity contribution >= 4 is 17.5 Å². The summed E-state index contributed by atoms with van der Waals surface area (Å²) in [7, 11) is 0. The van der Waals surface area contributed by atoms with Crippen LogP contribution in [0.25, 0.3) is 0 Å². The van der Waals surface area contributed by atoms with E-state index >= 15 is 0 Å². The number of fused-ring (bicyclic) bond motifs is 1. The van der Waals surface area contributed by atoms with Gasteiger partial charge in [-0.05, 0) is 76.6 Å². The molecule has 1 atom stereocenters. The first-order valence-electron chi connectivity index (χ1n) is 14.4. The third-order valence-corrected chi connectivity index (χ3v) is 7.21. The lowest BCUT2D eigenvalue weighted by Gasteiger charge is -2.37. The van der Waals surface area contributed by atoms with E-state index in [1.807, 2.05) is 13.8 Å². The molecule has 8 nitrogen and oxygen atoms in total. The number of rotatable bonds is 16. The lowest BCUT2D eigenvalue weighted by atomic mass is 9.84. The number of carbonyl (C=O) groups excluding carboxylic acids is 3. The van der Waals surface area contributed by atoms with Crippen LogP contribution in [-0.4, -0.2) is 48.1 Å². The predicted octanol–water partition coefficient (Wildman–Crippen LogP) is 6.63. The van der Waals surface area contributed by atoms with Crippen LogP contribution in [0.1, 0.15) is 105 Å². The Morgan fingerprint density at radius 3 is 2.50 bits per heavy atom. The fraction of sp³-hybridized carbons (Fsp3) is 0.531. The molecule has 0 radical (unpaired) electrons. The highest BCUT2D eigenvalue weighted by Crippen LogP contribution is 2.40. The average Bonchev–Trinajstić information content (AvgIpc) is 2.92. The number of hydrogen-bond acceptors (Lipinski definition) is 8. The minimum Gasteiger partial charge on any atom is -0.507 e. The van der Waals surface area contributed by atoms with Gasteiger partial charge < -0.3 is 24.1 Å². The Bertz CT molecular complexity index is 1190. The number of unbranched alkanes of at least 4 members (excludes halogenated alkanes) is 1. The highest BCUT2D eigenvalue weighted by molar-refractivity contribution is 6.00. The van der Waals surface area contributed by atoms with Crippen LogP contribution < -0.4 is 14.2 Å². The lowest BCUT2D eigenvalue weighted by Crippen LogP contribution is -2.41. The largest absolute Gasteiger partial charge is 0.507 e. The molecule has 0 saturated heterocycles. The van der Waals surface area contributed by atoms with Crippen LogP contribution >= 0.6 is 0 Å².